The van der Waals surface area contributed by atoms with Crippen molar-refractivity contribution in [3.8, 4) is 0 Å². The maximum Gasteiger partial charge on any atom is 0.251 e. The van der Waals surface area contributed by atoms with Gasteiger partial charge in [-0.3, -0.25) is 4.79 Å². The third kappa shape index (κ3) is 5.65. The molecule has 1 aromatic rings. The Bertz CT molecular complexity index is 963. The highest BCUT2D eigenvalue weighted by Gasteiger charge is 2.38. The molecular formula is C27H32N2O2. The Hall–Kier alpha value is -2.85. The highest BCUT2D eigenvalue weighted by molar-refractivity contribution is 5.94. The number of hydrogen-bond donors (Lipinski definition) is 2. The fourth-order valence-corrected chi connectivity index (χ4v) is 4.13. The van der Waals surface area contributed by atoms with Crippen molar-refractivity contribution in [3.05, 3.63) is 94.3 Å². The van der Waals surface area contributed by atoms with Crippen molar-refractivity contribution >= 4 is 5.91 Å². The maximum absolute atomic E-state index is 12.4. The number of ether oxygens (including phenoxy) is 1. The van der Waals surface area contributed by atoms with Crippen LogP contribution in [0.2, 0.25) is 0 Å². The van der Waals surface area contributed by atoms with Gasteiger partial charge in [-0.05, 0) is 62.0 Å². The minimum Gasteiger partial charge on any atom is -0.497 e. The molecule has 1 saturated carbocycles. The summed E-state index contributed by atoms with van der Waals surface area (Å²) in [7, 11) is 1.74. The number of nitrogens with one attached hydrogen (secondary N) is 2. The van der Waals surface area contributed by atoms with Crippen LogP contribution in [0.4, 0.5) is 0 Å². The summed E-state index contributed by atoms with van der Waals surface area (Å²) >= 11 is 0. The topological polar surface area (TPSA) is 50.4 Å². The number of amides is 1. The molecule has 3 aliphatic rings. The normalized spacial score (nSPS) is 22.5. The zero-order valence-corrected chi connectivity index (χ0v) is 18.5. The van der Waals surface area contributed by atoms with Gasteiger partial charge < -0.3 is 15.4 Å². The molecule has 4 rings (SSSR count). The molecule has 31 heavy (non-hydrogen) atoms. The Morgan fingerprint density at radius 2 is 1.94 bits per heavy atom. The second-order valence-electron chi connectivity index (χ2n) is 8.57. The summed E-state index contributed by atoms with van der Waals surface area (Å²) in [5.41, 5.74) is 5.73. The molecule has 0 saturated heterocycles. The Kier molecular flexibility index (Phi) is 6.88. The monoisotopic (exact) mass is 416 g/mol. The van der Waals surface area contributed by atoms with Gasteiger partial charge in [-0.1, -0.05) is 48.1 Å². The highest BCUT2D eigenvalue weighted by Crippen LogP contribution is 2.41. The molecule has 1 aromatic carbocycles. The minimum atomic E-state index is -0.0144. The molecule has 3 aliphatic carbocycles. The number of hydrogen-bond acceptors (Lipinski definition) is 3. The van der Waals surface area contributed by atoms with Crippen LogP contribution in [0, 0.1) is 0 Å². The van der Waals surface area contributed by atoms with E-state index in [-0.39, 0.29) is 5.91 Å². The predicted molar refractivity (Wildman–Crippen MR) is 126 cm³/mol. The van der Waals surface area contributed by atoms with Crippen LogP contribution in [0.25, 0.3) is 0 Å². The first-order chi connectivity index (χ1) is 15.1. The summed E-state index contributed by atoms with van der Waals surface area (Å²) in [4.78, 5) is 12.4. The van der Waals surface area contributed by atoms with E-state index in [1.807, 2.05) is 12.1 Å². The van der Waals surface area contributed by atoms with Crippen LogP contribution >= 0.6 is 0 Å². The summed E-state index contributed by atoms with van der Waals surface area (Å²) < 4.78 is 5.56. The van der Waals surface area contributed by atoms with E-state index in [0.29, 0.717) is 18.5 Å². The standard InChI is InChI=1S/C27H32N2O2/c1-19-8-10-23(26(31-2)15-9-19)18-28-25-16-24(25)21-11-13-22(14-12-21)27(30)29-17-20-6-4-3-5-7-20/h4,6-8,10-15,24-25,28H,3,5,9,16-18H2,1-2H3,(H,29,30). The second kappa shape index (κ2) is 9.97. The van der Waals surface area contributed by atoms with E-state index in [1.165, 1.54) is 22.3 Å². The number of rotatable bonds is 8. The van der Waals surface area contributed by atoms with Gasteiger partial charge in [-0.15, -0.1) is 0 Å². The van der Waals surface area contributed by atoms with Crippen molar-refractivity contribution in [3.63, 3.8) is 0 Å². The summed E-state index contributed by atoms with van der Waals surface area (Å²) in [5, 5.41) is 6.68. The van der Waals surface area contributed by atoms with E-state index in [9.17, 15) is 4.79 Å². The van der Waals surface area contributed by atoms with Crippen molar-refractivity contribution in [1.29, 1.82) is 0 Å². The van der Waals surface area contributed by atoms with Gasteiger partial charge >= 0.3 is 0 Å². The van der Waals surface area contributed by atoms with Crippen LogP contribution in [0.15, 0.2) is 83.2 Å². The zero-order chi connectivity index (χ0) is 21.6. The molecule has 0 heterocycles. The molecule has 4 nitrogen and oxygen atoms in total. The third-order valence-corrected chi connectivity index (χ3v) is 6.19. The van der Waals surface area contributed by atoms with Gasteiger partial charge in [-0.2, -0.15) is 0 Å². The summed E-state index contributed by atoms with van der Waals surface area (Å²) in [6, 6.07) is 8.55. The van der Waals surface area contributed by atoms with Crippen molar-refractivity contribution in [2.75, 3.05) is 20.2 Å². The van der Waals surface area contributed by atoms with Gasteiger partial charge in [0.05, 0.1) is 7.11 Å². The summed E-state index contributed by atoms with van der Waals surface area (Å²) in [5.74, 6) is 1.46. The Morgan fingerprint density at radius 3 is 2.68 bits per heavy atom. The lowest BCUT2D eigenvalue weighted by atomic mass is 10.1. The minimum absolute atomic E-state index is 0.0144. The number of methoxy groups -OCH3 is 1. The highest BCUT2D eigenvalue weighted by atomic mass is 16.5. The molecule has 0 bridgehead atoms. The largest absolute Gasteiger partial charge is 0.497 e. The van der Waals surface area contributed by atoms with E-state index in [0.717, 1.165) is 43.6 Å². The first-order valence-corrected chi connectivity index (χ1v) is 11.2. The van der Waals surface area contributed by atoms with Crippen LogP contribution in [0.3, 0.4) is 0 Å². The maximum atomic E-state index is 12.4. The Balaban J connectivity index is 1.27. The molecule has 0 spiro atoms. The van der Waals surface area contributed by atoms with Crippen LogP contribution in [-0.4, -0.2) is 32.1 Å². The average Bonchev–Trinajstić information content (AvgIpc) is 3.61. The average molecular weight is 417 g/mol. The SMILES string of the molecule is COC1=CCC(C)=CC=C1CNC1CC1c1ccc(C(=O)NCC2=CCCC=C2)cc1. The van der Waals surface area contributed by atoms with E-state index in [2.05, 4.69) is 66.1 Å². The van der Waals surface area contributed by atoms with Crippen molar-refractivity contribution in [2.45, 2.75) is 44.6 Å². The van der Waals surface area contributed by atoms with Crippen LogP contribution in [0.5, 0.6) is 0 Å². The van der Waals surface area contributed by atoms with Crippen LogP contribution < -0.4 is 10.6 Å². The number of carbonyl (C=O) groups is 1. The number of benzene rings is 1. The van der Waals surface area contributed by atoms with Gasteiger partial charge in [0.2, 0.25) is 0 Å². The van der Waals surface area contributed by atoms with Crippen molar-refractivity contribution < 1.29 is 9.53 Å². The smallest absolute Gasteiger partial charge is 0.251 e. The lowest BCUT2D eigenvalue weighted by molar-refractivity contribution is 0.0957. The lowest BCUT2D eigenvalue weighted by Crippen LogP contribution is -2.25. The van der Waals surface area contributed by atoms with Gasteiger partial charge in [0.1, 0.15) is 5.76 Å². The van der Waals surface area contributed by atoms with Gasteiger partial charge in [0, 0.05) is 36.2 Å². The number of carbonyl (C=O) groups excluding carboxylic acids is 1. The molecule has 0 aromatic heterocycles. The van der Waals surface area contributed by atoms with E-state index >= 15 is 0 Å². The molecule has 0 aliphatic heterocycles. The summed E-state index contributed by atoms with van der Waals surface area (Å²) in [6.45, 7) is 3.53. The predicted octanol–water partition coefficient (Wildman–Crippen LogP) is 4.95. The Labute approximate surface area is 185 Å². The molecule has 4 heteroatoms. The van der Waals surface area contributed by atoms with Crippen LogP contribution in [-0.2, 0) is 4.74 Å². The zero-order valence-electron chi connectivity index (χ0n) is 18.5. The van der Waals surface area contributed by atoms with Crippen molar-refractivity contribution in [1.82, 2.24) is 10.6 Å². The van der Waals surface area contributed by atoms with E-state index in [4.69, 9.17) is 4.74 Å². The molecule has 1 fully saturated rings. The van der Waals surface area contributed by atoms with Gasteiger partial charge in [-0.25, -0.2) is 0 Å². The molecule has 1 amide bonds. The first kappa shape index (κ1) is 21.4. The van der Waals surface area contributed by atoms with Gasteiger partial charge in [0.15, 0.2) is 0 Å². The fourth-order valence-electron chi connectivity index (χ4n) is 4.13. The van der Waals surface area contributed by atoms with Crippen LogP contribution in [0.1, 0.15) is 54.4 Å². The lowest BCUT2D eigenvalue weighted by Gasteiger charge is -2.11. The Morgan fingerprint density at radius 1 is 1.10 bits per heavy atom. The first-order valence-electron chi connectivity index (χ1n) is 11.2. The summed E-state index contributed by atoms with van der Waals surface area (Å²) in [6.07, 6.45) is 17.2. The fraction of sp³-hybridized carbons (Fsp3) is 0.370. The van der Waals surface area contributed by atoms with Crippen molar-refractivity contribution in [2.24, 2.45) is 0 Å². The molecule has 2 N–H and O–H groups in total. The van der Waals surface area contributed by atoms with E-state index < -0.39 is 0 Å². The quantitative estimate of drug-likeness (QED) is 0.631. The second-order valence-corrected chi connectivity index (χ2v) is 8.57. The van der Waals surface area contributed by atoms with E-state index in [1.54, 1.807) is 7.11 Å². The number of allylic oxidation sites excluding steroid dienone is 6. The molecule has 2 unspecified atom stereocenters. The molecule has 162 valence electrons. The molecule has 2 atom stereocenters. The molecule has 0 radical (unpaired) electrons. The van der Waals surface area contributed by atoms with Gasteiger partial charge in [0.25, 0.3) is 5.91 Å². The third-order valence-electron chi connectivity index (χ3n) is 6.19. The molecular weight excluding hydrogens is 384 g/mol.